The van der Waals surface area contributed by atoms with E-state index in [1.807, 2.05) is 0 Å². The summed E-state index contributed by atoms with van der Waals surface area (Å²) < 4.78 is 62.4. The monoisotopic (exact) mass is 309 g/mol. The molecule has 18 heavy (non-hydrogen) atoms. The van der Waals surface area contributed by atoms with Crippen molar-refractivity contribution in [2.75, 3.05) is 0 Å². The van der Waals surface area contributed by atoms with E-state index in [9.17, 15) is 27.1 Å². The molecule has 0 unspecified atom stereocenters. The number of phenols is 1. The molecule has 102 valence electrons. The molecule has 0 heterocycles. The van der Waals surface area contributed by atoms with Gasteiger partial charge in [-0.3, -0.25) is 0 Å². The lowest BCUT2D eigenvalue weighted by Gasteiger charge is -2.27. The topological polar surface area (TPSA) is 46.2 Å². The summed E-state index contributed by atoms with van der Waals surface area (Å²) in [6.45, 7) is 0. The van der Waals surface area contributed by atoms with Crippen molar-refractivity contribution in [1.82, 2.24) is 0 Å². The first-order valence-electron chi connectivity index (χ1n) is 4.36. The zero-order valence-corrected chi connectivity index (χ0v) is 9.91. The Hall–Kier alpha value is -0.790. The summed E-state index contributed by atoms with van der Waals surface area (Å²) in [6.07, 6.45) is -5.86. The molecule has 0 aliphatic carbocycles. The van der Waals surface area contributed by atoms with Crippen molar-refractivity contribution in [2.45, 2.75) is 18.1 Å². The van der Waals surface area contributed by atoms with Crippen molar-refractivity contribution in [2.24, 2.45) is 5.73 Å². The Bertz CT molecular complexity index is 440. The van der Waals surface area contributed by atoms with Gasteiger partial charge in [0.1, 0.15) is 11.8 Å². The molecule has 2 nitrogen and oxygen atoms in total. The van der Waals surface area contributed by atoms with Gasteiger partial charge < -0.3 is 10.8 Å². The Labute approximate surface area is 108 Å². The Morgan fingerprint density at radius 1 is 1.11 bits per heavy atom. The number of aromatic hydroxyl groups is 1. The van der Waals surface area contributed by atoms with Crippen molar-refractivity contribution in [3.05, 3.63) is 27.7 Å². The summed E-state index contributed by atoms with van der Waals surface area (Å²) in [7, 11) is 0. The van der Waals surface area contributed by atoms with Gasteiger partial charge in [-0.1, -0.05) is 23.2 Å². The number of nitrogens with two attached hydrogens (primary N) is 1. The van der Waals surface area contributed by atoms with Crippen molar-refractivity contribution in [1.29, 1.82) is 0 Å². The summed E-state index contributed by atoms with van der Waals surface area (Å²) in [6, 6.07) is -1.15. The van der Waals surface area contributed by atoms with E-state index >= 15 is 0 Å². The molecular weight excluding hydrogens is 304 g/mol. The summed E-state index contributed by atoms with van der Waals surface area (Å²) in [5.41, 5.74) is 3.94. The molecule has 0 fully saturated rings. The second kappa shape index (κ2) is 4.71. The average molecular weight is 310 g/mol. The average Bonchev–Trinajstić information content (AvgIpc) is 2.13. The quantitative estimate of drug-likeness (QED) is 0.814. The molecule has 1 aromatic carbocycles. The normalized spacial score (nSPS) is 14.7. The summed E-state index contributed by atoms with van der Waals surface area (Å²) in [5.74, 6) is -6.16. The van der Waals surface area contributed by atoms with Crippen LogP contribution in [0.2, 0.25) is 10.0 Å². The lowest BCUT2D eigenvalue weighted by atomic mass is 10.00. The number of rotatable bonds is 2. The van der Waals surface area contributed by atoms with Gasteiger partial charge in [0.2, 0.25) is 0 Å². The Kier molecular flexibility index (Phi) is 4.00. The molecular formula is C9H6Cl2F5NO. The van der Waals surface area contributed by atoms with Crippen LogP contribution in [-0.4, -0.2) is 17.2 Å². The van der Waals surface area contributed by atoms with E-state index in [0.717, 1.165) is 12.1 Å². The van der Waals surface area contributed by atoms with Gasteiger partial charge in [-0.2, -0.15) is 22.0 Å². The lowest BCUT2D eigenvalue weighted by molar-refractivity contribution is -0.291. The van der Waals surface area contributed by atoms with Gasteiger partial charge in [-0.15, -0.1) is 0 Å². The van der Waals surface area contributed by atoms with Crippen LogP contribution in [0.4, 0.5) is 22.0 Å². The van der Waals surface area contributed by atoms with Crippen LogP contribution in [0.1, 0.15) is 11.6 Å². The molecule has 3 N–H and O–H groups in total. The fraction of sp³-hybridized carbons (Fsp3) is 0.333. The lowest BCUT2D eigenvalue weighted by Crippen LogP contribution is -2.46. The molecule has 0 spiro atoms. The third-order valence-electron chi connectivity index (χ3n) is 2.15. The molecule has 1 aromatic rings. The number of benzene rings is 1. The highest BCUT2D eigenvalue weighted by Crippen LogP contribution is 2.47. The molecule has 9 heteroatoms. The Balaban J connectivity index is 3.32. The van der Waals surface area contributed by atoms with E-state index in [2.05, 4.69) is 0 Å². The number of hydrogen-bond acceptors (Lipinski definition) is 2. The molecule has 1 atom stereocenters. The highest BCUT2D eigenvalue weighted by molar-refractivity contribution is 6.35. The predicted molar refractivity (Wildman–Crippen MR) is 56.1 cm³/mol. The highest BCUT2D eigenvalue weighted by atomic mass is 35.5. The fourth-order valence-corrected chi connectivity index (χ4v) is 1.84. The van der Waals surface area contributed by atoms with Crippen molar-refractivity contribution in [3.8, 4) is 5.75 Å². The smallest absolute Gasteiger partial charge is 0.455 e. The van der Waals surface area contributed by atoms with Crippen LogP contribution in [0.5, 0.6) is 5.75 Å². The van der Waals surface area contributed by atoms with Crippen LogP contribution in [0.25, 0.3) is 0 Å². The van der Waals surface area contributed by atoms with Gasteiger partial charge in [-0.25, -0.2) is 0 Å². The van der Waals surface area contributed by atoms with Gasteiger partial charge in [0.05, 0.1) is 5.02 Å². The fourth-order valence-electron chi connectivity index (χ4n) is 1.24. The predicted octanol–water partition coefficient (Wildman–Crippen LogP) is 3.90. The van der Waals surface area contributed by atoms with Crippen LogP contribution < -0.4 is 5.73 Å². The standard InChI is InChI=1S/C9H6Cl2F5NO/c10-3-1-4(11)6(5(18)2-3)7(17)8(12,13)9(14,15)16/h1-2,7,18H,17H2/t7-/m0/s1. The van der Waals surface area contributed by atoms with E-state index in [-0.39, 0.29) is 5.02 Å². The first kappa shape index (κ1) is 15.3. The molecule has 0 aliphatic rings. The maximum Gasteiger partial charge on any atom is 0.455 e. The second-order valence-corrected chi connectivity index (χ2v) is 4.26. The van der Waals surface area contributed by atoms with Crippen LogP contribution in [0.3, 0.4) is 0 Å². The summed E-state index contributed by atoms with van der Waals surface area (Å²) in [5, 5.41) is 8.63. The molecule has 0 amide bonds. The first-order chi connectivity index (χ1) is 7.98. The molecule has 0 saturated carbocycles. The number of phenolic OH excluding ortho intramolecular Hbond substituents is 1. The van der Waals surface area contributed by atoms with Crippen LogP contribution >= 0.6 is 23.2 Å². The van der Waals surface area contributed by atoms with Crippen molar-refractivity contribution >= 4 is 23.2 Å². The largest absolute Gasteiger partial charge is 0.507 e. The van der Waals surface area contributed by atoms with E-state index in [1.165, 1.54) is 0 Å². The minimum Gasteiger partial charge on any atom is -0.507 e. The van der Waals surface area contributed by atoms with Gasteiger partial charge in [0, 0.05) is 10.6 Å². The van der Waals surface area contributed by atoms with Crippen molar-refractivity contribution in [3.63, 3.8) is 0 Å². The van der Waals surface area contributed by atoms with Gasteiger partial charge in [0.25, 0.3) is 0 Å². The molecule has 0 saturated heterocycles. The van der Waals surface area contributed by atoms with Gasteiger partial charge in [-0.05, 0) is 12.1 Å². The summed E-state index contributed by atoms with van der Waals surface area (Å²) in [4.78, 5) is 0. The van der Waals surface area contributed by atoms with E-state index in [0.29, 0.717) is 0 Å². The van der Waals surface area contributed by atoms with E-state index < -0.39 is 34.5 Å². The Morgan fingerprint density at radius 3 is 2.00 bits per heavy atom. The SMILES string of the molecule is N[C@@H](c1c(O)cc(Cl)cc1Cl)C(F)(F)C(F)(F)F. The second-order valence-electron chi connectivity index (χ2n) is 3.42. The number of alkyl halides is 5. The minimum absolute atomic E-state index is 0.122. The maximum absolute atomic E-state index is 13.0. The van der Waals surface area contributed by atoms with Crippen LogP contribution in [0.15, 0.2) is 12.1 Å². The van der Waals surface area contributed by atoms with Gasteiger partial charge in [0.15, 0.2) is 0 Å². The number of halogens is 7. The molecule has 1 rings (SSSR count). The third-order valence-corrected chi connectivity index (χ3v) is 2.68. The summed E-state index contributed by atoms with van der Waals surface area (Å²) >= 11 is 10.9. The van der Waals surface area contributed by atoms with Crippen LogP contribution in [-0.2, 0) is 0 Å². The van der Waals surface area contributed by atoms with E-state index in [1.54, 1.807) is 0 Å². The zero-order chi connectivity index (χ0) is 14.3. The molecule has 0 radical (unpaired) electrons. The van der Waals surface area contributed by atoms with Gasteiger partial charge >= 0.3 is 12.1 Å². The van der Waals surface area contributed by atoms with Crippen molar-refractivity contribution < 1.29 is 27.1 Å². The maximum atomic E-state index is 13.0. The third kappa shape index (κ3) is 2.62. The Morgan fingerprint density at radius 2 is 1.61 bits per heavy atom. The van der Waals surface area contributed by atoms with Crippen LogP contribution in [0, 0.1) is 0 Å². The molecule has 0 aromatic heterocycles. The number of hydrogen-bond donors (Lipinski definition) is 2. The zero-order valence-electron chi connectivity index (χ0n) is 8.40. The van der Waals surface area contributed by atoms with E-state index in [4.69, 9.17) is 28.9 Å². The molecule has 0 aliphatic heterocycles. The minimum atomic E-state index is -5.86. The molecule has 0 bridgehead atoms. The first-order valence-corrected chi connectivity index (χ1v) is 5.12. The highest BCUT2D eigenvalue weighted by Gasteiger charge is 2.62.